The highest BCUT2D eigenvalue weighted by atomic mass is 35.5. The summed E-state index contributed by atoms with van der Waals surface area (Å²) >= 11 is 12.7. The van der Waals surface area contributed by atoms with Crippen LogP contribution in [0.1, 0.15) is 55.7 Å². The molecule has 200 valence electrons. The Bertz CT molecular complexity index is 1250. The molecule has 2 fully saturated rings. The molecule has 1 aliphatic heterocycles. The molecule has 1 heterocycles. The van der Waals surface area contributed by atoms with Crippen LogP contribution in [0.5, 0.6) is 0 Å². The highest BCUT2D eigenvalue weighted by molar-refractivity contribution is 7.87. The second kappa shape index (κ2) is 11.1. The summed E-state index contributed by atoms with van der Waals surface area (Å²) in [5, 5.41) is 1.25. The first-order valence-corrected chi connectivity index (χ1v) is 14.8. The minimum Gasteiger partial charge on any atom is -0.330 e. The maximum atomic E-state index is 14.4. The second-order valence-electron chi connectivity index (χ2n) is 10.7. The van der Waals surface area contributed by atoms with E-state index in [2.05, 4.69) is 17.4 Å². The van der Waals surface area contributed by atoms with Crippen molar-refractivity contribution in [2.24, 2.45) is 11.3 Å². The summed E-state index contributed by atoms with van der Waals surface area (Å²) in [5.41, 5.74) is 1.32. The number of nitrogens with one attached hydrogen (secondary N) is 1. The minimum atomic E-state index is -3.66. The molecule has 1 saturated heterocycles. The number of hydrogen-bond donors (Lipinski definition) is 1. The maximum Gasteiger partial charge on any atom is 0.279 e. The molecule has 37 heavy (non-hydrogen) atoms. The molecule has 0 aromatic heterocycles. The maximum absolute atomic E-state index is 14.4. The van der Waals surface area contributed by atoms with Crippen LogP contribution in [0.3, 0.4) is 0 Å². The zero-order valence-corrected chi connectivity index (χ0v) is 23.9. The van der Waals surface area contributed by atoms with Gasteiger partial charge in [0, 0.05) is 42.6 Å². The van der Waals surface area contributed by atoms with E-state index >= 15 is 0 Å². The Morgan fingerprint density at radius 3 is 2.38 bits per heavy atom. The molecule has 2 aromatic rings. The Balaban J connectivity index is 1.87. The molecular formula is C28H35Cl2N3O3S. The summed E-state index contributed by atoms with van der Waals surface area (Å²) < 4.78 is 29.2. The predicted molar refractivity (Wildman–Crippen MR) is 150 cm³/mol. The molecular weight excluding hydrogens is 529 g/mol. The van der Waals surface area contributed by atoms with Crippen LogP contribution in [0.4, 0.5) is 0 Å². The van der Waals surface area contributed by atoms with Gasteiger partial charge in [0.15, 0.2) is 0 Å². The van der Waals surface area contributed by atoms with Crippen molar-refractivity contribution in [3.63, 3.8) is 0 Å². The molecule has 4 rings (SSSR count). The highest BCUT2D eigenvalue weighted by Gasteiger charge is 2.53. The molecule has 4 atom stereocenters. The zero-order chi connectivity index (χ0) is 27.0. The van der Waals surface area contributed by atoms with Gasteiger partial charge in [-0.1, -0.05) is 60.5 Å². The van der Waals surface area contributed by atoms with Gasteiger partial charge < -0.3 is 4.90 Å². The van der Waals surface area contributed by atoms with Crippen LogP contribution in [0.15, 0.2) is 61.2 Å². The Morgan fingerprint density at radius 2 is 1.81 bits per heavy atom. The molecule has 1 saturated carbocycles. The fraction of sp³-hybridized carbons (Fsp3) is 0.464. The van der Waals surface area contributed by atoms with Crippen molar-refractivity contribution in [1.29, 1.82) is 0 Å². The summed E-state index contributed by atoms with van der Waals surface area (Å²) in [6, 6.07) is 14.8. The first kappa shape index (κ1) is 28.1. The lowest BCUT2D eigenvalue weighted by Crippen LogP contribution is -2.59. The third-order valence-electron chi connectivity index (χ3n) is 7.66. The third kappa shape index (κ3) is 6.07. The lowest BCUT2D eigenvalue weighted by atomic mass is 9.67. The van der Waals surface area contributed by atoms with E-state index in [1.807, 2.05) is 54.3 Å². The van der Waals surface area contributed by atoms with E-state index in [1.54, 1.807) is 6.08 Å². The number of benzene rings is 2. The molecule has 9 heteroatoms. The van der Waals surface area contributed by atoms with Crippen molar-refractivity contribution in [3.8, 4) is 0 Å². The summed E-state index contributed by atoms with van der Waals surface area (Å²) in [6.45, 7) is 6.07. The van der Waals surface area contributed by atoms with E-state index in [0.717, 1.165) is 28.3 Å². The van der Waals surface area contributed by atoms with E-state index < -0.39 is 15.6 Å². The van der Waals surface area contributed by atoms with Gasteiger partial charge in [0.2, 0.25) is 5.91 Å². The van der Waals surface area contributed by atoms with E-state index in [4.69, 9.17) is 23.2 Å². The number of nitrogens with zero attached hydrogens (tertiary/aromatic N) is 2. The van der Waals surface area contributed by atoms with Crippen LogP contribution in [0.2, 0.25) is 10.0 Å². The Kier molecular flexibility index (Phi) is 8.41. The van der Waals surface area contributed by atoms with Gasteiger partial charge in [0.1, 0.15) is 0 Å². The van der Waals surface area contributed by atoms with Gasteiger partial charge in [-0.25, -0.2) is 4.72 Å². The lowest BCUT2D eigenvalue weighted by Gasteiger charge is -2.52. The molecule has 0 radical (unpaired) electrons. The molecule has 0 bridgehead atoms. The number of amides is 1. The van der Waals surface area contributed by atoms with Crippen LogP contribution >= 0.6 is 23.2 Å². The zero-order valence-electron chi connectivity index (χ0n) is 21.5. The summed E-state index contributed by atoms with van der Waals surface area (Å²) in [6.07, 6.45) is 4.84. The number of carbonyl (C=O) groups excluding carboxylic acids is 1. The molecule has 1 amide bonds. The van der Waals surface area contributed by atoms with Crippen LogP contribution in [0.25, 0.3) is 0 Å². The smallest absolute Gasteiger partial charge is 0.279 e. The van der Waals surface area contributed by atoms with Crippen molar-refractivity contribution >= 4 is 39.3 Å². The Hall–Kier alpha value is -1.90. The highest BCUT2D eigenvalue weighted by Crippen LogP contribution is 2.54. The van der Waals surface area contributed by atoms with Gasteiger partial charge in [0.25, 0.3) is 10.2 Å². The van der Waals surface area contributed by atoms with Gasteiger partial charge in [0.05, 0.1) is 11.5 Å². The quantitative estimate of drug-likeness (QED) is 0.371. The van der Waals surface area contributed by atoms with Gasteiger partial charge in [-0.3, -0.25) is 4.79 Å². The SMILES string of the molecule is C=CCC1(C)CC(c2cccc(Cl)c2)C(c2ccc(Cl)cc2)N(C(CNS(=O)(=O)N(C)C)C2CC2)C1=O. The first-order valence-electron chi connectivity index (χ1n) is 12.6. The van der Waals surface area contributed by atoms with Crippen molar-refractivity contribution < 1.29 is 13.2 Å². The summed E-state index contributed by atoms with van der Waals surface area (Å²) in [7, 11) is -0.672. The molecule has 1 N–H and O–H groups in total. The normalized spacial score (nSPS) is 25.4. The van der Waals surface area contributed by atoms with Crippen LogP contribution in [-0.2, 0) is 15.0 Å². The van der Waals surface area contributed by atoms with Gasteiger partial charge in [-0.15, -0.1) is 6.58 Å². The van der Waals surface area contributed by atoms with Crippen molar-refractivity contribution in [3.05, 3.63) is 82.4 Å². The van der Waals surface area contributed by atoms with E-state index in [-0.39, 0.29) is 36.4 Å². The fourth-order valence-electron chi connectivity index (χ4n) is 5.55. The molecule has 2 aromatic carbocycles. The number of piperidine rings is 1. The Morgan fingerprint density at radius 1 is 1.14 bits per heavy atom. The van der Waals surface area contributed by atoms with Gasteiger partial charge >= 0.3 is 0 Å². The number of hydrogen-bond acceptors (Lipinski definition) is 3. The average Bonchev–Trinajstić information content (AvgIpc) is 3.68. The summed E-state index contributed by atoms with van der Waals surface area (Å²) in [5.74, 6) is 0.176. The second-order valence-corrected chi connectivity index (χ2v) is 13.5. The third-order valence-corrected chi connectivity index (χ3v) is 9.64. The van der Waals surface area contributed by atoms with Crippen molar-refractivity contribution in [2.75, 3.05) is 20.6 Å². The molecule has 2 aliphatic rings. The number of halogens is 2. The van der Waals surface area contributed by atoms with Crippen LogP contribution in [-0.4, -0.2) is 50.2 Å². The molecule has 4 unspecified atom stereocenters. The van der Waals surface area contributed by atoms with Crippen LogP contribution < -0.4 is 4.72 Å². The number of allylic oxidation sites excluding steroid dienone is 1. The minimum absolute atomic E-state index is 0.0200. The van der Waals surface area contributed by atoms with Crippen LogP contribution in [0, 0.1) is 11.3 Å². The van der Waals surface area contributed by atoms with Crippen molar-refractivity contribution in [2.45, 2.75) is 50.6 Å². The van der Waals surface area contributed by atoms with Gasteiger partial charge in [-0.2, -0.15) is 12.7 Å². The molecule has 6 nitrogen and oxygen atoms in total. The average molecular weight is 565 g/mol. The van der Waals surface area contributed by atoms with E-state index in [9.17, 15) is 13.2 Å². The summed E-state index contributed by atoms with van der Waals surface area (Å²) in [4.78, 5) is 16.4. The monoisotopic (exact) mass is 563 g/mol. The predicted octanol–water partition coefficient (Wildman–Crippen LogP) is 5.81. The number of likely N-dealkylation sites (tertiary alicyclic amines) is 1. The van der Waals surface area contributed by atoms with Crippen molar-refractivity contribution in [1.82, 2.24) is 13.9 Å². The number of carbonyl (C=O) groups is 1. The Labute approximate surface area is 230 Å². The van der Waals surface area contributed by atoms with E-state index in [1.165, 1.54) is 14.1 Å². The topological polar surface area (TPSA) is 69.7 Å². The standard InChI is InChI=1S/C28H35Cl2N3O3S/c1-5-15-28(2)17-24(21-7-6-8-23(30)16-21)26(20-11-13-22(29)14-12-20)33(27(28)34)25(19-9-10-19)18-31-37(35,36)32(3)4/h5-8,11-14,16,19,24-26,31H,1,9-10,15,17-18H2,2-4H3. The number of rotatable bonds is 10. The van der Waals surface area contributed by atoms with Gasteiger partial charge in [-0.05, 0) is 67.0 Å². The fourth-order valence-corrected chi connectivity index (χ4v) is 6.51. The lowest BCUT2D eigenvalue weighted by molar-refractivity contribution is -0.155. The molecule has 1 aliphatic carbocycles. The largest absolute Gasteiger partial charge is 0.330 e. The molecule has 0 spiro atoms. The van der Waals surface area contributed by atoms with E-state index in [0.29, 0.717) is 22.9 Å². The first-order chi connectivity index (χ1) is 17.5.